The quantitative estimate of drug-likeness (QED) is 0.686. The average molecular weight is 219 g/mol. The fourth-order valence-corrected chi connectivity index (χ4v) is 2.71. The molecular formula is C12H10FNO2. The second-order valence-electron chi connectivity index (χ2n) is 4.43. The van der Waals surface area contributed by atoms with Crippen molar-refractivity contribution in [1.82, 2.24) is 0 Å². The summed E-state index contributed by atoms with van der Waals surface area (Å²) in [5.41, 5.74) is -0.613. The zero-order valence-electron chi connectivity index (χ0n) is 8.43. The fraction of sp³-hybridized carbons (Fsp3) is 0.333. The third kappa shape index (κ3) is 1.13. The molecule has 0 aromatic heterocycles. The van der Waals surface area contributed by atoms with Crippen LogP contribution in [0.1, 0.15) is 6.42 Å². The van der Waals surface area contributed by atoms with E-state index in [0.717, 1.165) is 6.42 Å². The molecule has 16 heavy (non-hydrogen) atoms. The van der Waals surface area contributed by atoms with E-state index in [4.69, 9.17) is 5.11 Å². The zero-order chi connectivity index (χ0) is 11.3. The number of aliphatic imine (C=N–C) groups is 1. The van der Waals surface area contributed by atoms with Crippen LogP contribution in [0.15, 0.2) is 41.3 Å². The molecule has 3 atom stereocenters. The first-order chi connectivity index (χ1) is 7.63. The number of carboxylic acids is 1. The van der Waals surface area contributed by atoms with Crippen molar-refractivity contribution < 1.29 is 14.3 Å². The summed E-state index contributed by atoms with van der Waals surface area (Å²) >= 11 is 0. The Morgan fingerprint density at radius 1 is 1.56 bits per heavy atom. The molecule has 3 unspecified atom stereocenters. The number of hydrogen-bond acceptors (Lipinski definition) is 2. The molecule has 4 heteroatoms. The maximum atomic E-state index is 13.4. The minimum Gasteiger partial charge on any atom is -0.477 e. The van der Waals surface area contributed by atoms with Crippen molar-refractivity contribution in [2.75, 3.05) is 0 Å². The maximum Gasteiger partial charge on any atom is 0.351 e. The van der Waals surface area contributed by atoms with Crippen molar-refractivity contribution in [3.63, 3.8) is 0 Å². The van der Waals surface area contributed by atoms with Crippen molar-refractivity contribution in [3.8, 4) is 0 Å². The molecule has 1 fully saturated rings. The molecule has 1 heterocycles. The van der Waals surface area contributed by atoms with Gasteiger partial charge in [-0.2, -0.15) is 4.39 Å². The second-order valence-corrected chi connectivity index (χ2v) is 4.43. The highest BCUT2D eigenvalue weighted by Crippen LogP contribution is 2.61. The molecule has 0 aromatic carbocycles. The molecule has 0 radical (unpaired) electrons. The summed E-state index contributed by atoms with van der Waals surface area (Å²) in [6.45, 7) is 0. The van der Waals surface area contributed by atoms with Gasteiger partial charge in [0.05, 0.1) is 0 Å². The van der Waals surface area contributed by atoms with Gasteiger partial charge in [0, 0.05) is 11.3 Å². The van der Waals surface area contributed by atoms with Crippen LogP contribution in [0.2, 0.25) is 0 Å². The third-order valence-corrected chi connectivity index (χ3v) is 3.55. The van der Waals surface area contributed by atoms with Crippen LogP contribution in [0.5, 0.6) is 0 Å². The lowest BCUT2D eigenvalue weighted by Gasteiger charge is -2.11. The van der Waals surface area contributed by atoms with Crippen molar-refractivity contribution in [2.45, 2.75) is 6.42 Å². The highest BCUT2D eigenvalue weighted by Gasteiger charge is 2.61. The number of rotatable bonds is 1. The molecule has 1 aliphatic heterocycles. The largest absolute Gasteiger partial charge is 0.477 e. The Kier molecular flexibility index (Phi) is 1.73. The third-order valence-electron chi connectivity index (χ3n) is 3.55. The summed E-state index contributed by atoms with van der Waals surface area (Å²) in [6.07, 6.45) is 9.56. The monoisotopic (exact) mass is 219 g/mol. The predicted molar refractivity (Wildman–Crippen MR) is 56.6 cm³/mol. The van der Waals surface area contributed by atoms with Crippen LogP contribution in [-0.4, -0.2) is 16.8 Å². The van der Waals surface area contributed by atoms with Gasteiger partial charge < -0.3 is 5.11 Å². The molecule has 2 bridgehead atoms. The van der Waals surface area contributed by atoms with E-state index < -0.39 is 17.3 Å². The molecule has 82 valence electrons. The van der Waals surface area contributed by atoms with Crippen LogP contribution >= 0.6 is 0 Å². The lowest BCUT2D eigenvalue weighted by Crippen LogP contribution is -2.25. The number of allylic oxidation sites excluding steroid dienone is 5. The van der Waals surface area contributed by atoms with Crippen LogP contribution < -0.4 is 0 Å². The van der Waals surface area contributed by atoms with E-state index in [1.54, 1.807) is 0 Å². The highest BCUT2D eigenvalue weighted by molar-refractivity contribution is 6.39. The van der Waals surface area contributed by atoms with Crippen LogP contribution in [0.4, 0.5) is 4.39 Å². The lowest BCUT2D eigenvalue weighted by atomic mass is 9.92. The number of aliphatic carboxylic acids is 1. The topological polar surface area (TPSA) is 49.7 Å². The van der Waals surface area contributed by atoms with Crippen LogP contribution in [-0.2, 0) is 4.79 Å². The zero-order valence-corrected chi connectivity index (χ0v) is 8.43. The van der Waals surface area contributed by atoms with Gasteiger partial charge in [-0.25, -0.2) is 9.79 Å². The van der Waals surface area contributed by atoms with Crippen molar-refractivity contribution in [3.05, 3.63) is 36.3 Å². The van der Waals surface area contributed by atoms with Gasteiger partial charge in [0.2, 0.25) is 5.95 Å². The summed E-state index contributed by atoms with van der Waals surface area (Å²) in [7, 11) is 0. The van der Waals surface area contributed by atoms with E-state index in [9.17, 15) is 9.18 Å². The molecule has 0 spiro atoms. The average Bonchev–Trinajstić information content (AvgIpc) is 2.94. The standard InChI is InChI=1S/C12H10FNO2/c13-9-5-7-3-1-2-4-12(6-8(7)12)10(14-9)11(15)16/h1-5,7-8H,6H2,(H,15,16). The Morgan fingerprint density at radius 3 is 3.12 bits per heavy atom. The van der Waals surface area contributed by atoms with Gasteiger partial charge in [0.25, 0.3) is 0 Å². The number of nitrogens with zero attached hydrogens (tertiary/aromatic N) is 1. The van der Waals surface area contributed by atoms with Crippen LogP contribution in [0, 0.1) is 17.3 Å². The molecule has 1 saturated carbocycles. The molecule has 0 saturated heterocycles. The Labute approximate surface area is 91.7 Å². The Morgan fingerprint density at radius 2 is 2.38 bits per heavy atom. The summed E-state index contributed by atoms with van der Waals surface area (Å²) in [5, 5.41) is 9.10. The van der Waals surface area contributed by atoms with Gasteiger partial charge in [-0.3, -0.25) is 0 Å². The molecule has 2 aliphatic carbocycles. The van der Waals surface area contributed by atoms with Crippen molar-refractivity contribution in [1.29, 1.82) is 0 Å². The van der Waals surface area contributed by atoms with Gasteiger partial charge in [0.1, 0.15) is 5.71 Å². The summed E-state index contributed by atoms with van der Waals surface area (Å²) in [4.78, 5) is 14.7. The Balaban J connectivity index is 2.15. The minimum absolute atomic E-state index is 0.0457. The Bertz CT molecular complexity index is 489. The lowest BCUT2D eigenvalue weighted by molar-refractivity contribution is -0.129. The molecule has 3 rings (SSSR count). The highest BCUT2D eigenvalue weighted by atomic mass is 19.1. The molecule has 0 amide bonds. The van der Waals surface area contributed by atoms with Gasteiger partial charge in [0.15, 0.2) is 0 Å². The van der Waals surface area contributed by atoms with Gasteiger partial charge in [-0.05, 0) is 18.4 Å². The minimum atomic E-state index is -1.13. The van der Waals surface area contributed by atoms with Gasteiger partial charge >= 0.3 is 5.97 Å². The van der Waals surface area contributed by atoms with Crippen molar-refractivity contribution in [2.24, 2.45) is 22.2 Å². The van der Waals surface area contributed by atoms with Gasteiger partial charge in [-0.1, -0.05) is 24.3 Å². The number of halogens is 1. The fourth-order valence-electron chi connectivity index (χ4n) is 2.71. The van der Waals surface area contributed by atoms with E-state index in [1.165, 1.54) is 6.08 Å². The molecule has 0 aromatic rings. The molecule has 3 nitrogen and oxygen atoms in total. The van der Waals surface area contributed by atoms with Crippen LogP contribution in [0.3, 0.4) is 0 Å². The summed E-state index contributed by atoms with van der Waals surface area (Å²) in [5.74, 6) is -1.71. The van der Waals surface area contributed by atoms with E-state index in [2.05, 4.69) is 4.99 Å². The van der Waals surface area contributed by atoms with E-state index in [-0.39, 0.29) is 17.5 Å². The molecule has 3 aliphatic rings. The summed E-state index contributed by atoms with van der Waals surface area (Å²) < 4.78 is 13.4. The normalized spacial score (nSPS) is 39.1. The number of hydrogen-bond donors (Lipinski definition) is 1. The van der Waals surface area contributed by atoms with Crippen molar-refractivity contribution >= 4 is 11.7 Å². The van der Waals surface area contributed by atoms with E-state index in [0.29, 0.717) is 0 Å². The maximum absolute atomic E-state index is 13.4. The summed E-state index contributed by atoms with van der Waals surface area (Å²) in [6, 6.07) is 0. The SMILES string of the molecule is O=C(O)C1=NC(F)=CC2C=CC=CC13CC23. The molecule has 1 N–H and O–H groups in total. The first-order valence-electron chi connectivity index (χ1n) is 5.19. The number of carboxylic acid groups (broad SMARTS) is 1. The van der Waals surface area contributed by atoms with E-state index in [1.807, 2.05) is 24.3 Å². The Hall–Kier alpha value is -1.71. The second kappa shape index (κ2) is 2.90. The van der Waals surface area contributed by atoms with Crippen LogP contribution in [0.25, 0.3) is 0 Å². The van der Waals surface area contributed by atoms with E-state index >= 15 is 0 Å². The smallest absolute Gasteiger partial charge is 0.351 e. The molecular weight excluding hydrogens is 209 g/mol. The number of carbonyl (C=O) groups is 1. The predicted octanol–water partition coefficient (Wildman–Crippen LogP) is 2.08. The first-order valence-corrected chi connectivity index (χ1v) is 5.19. The first kappa shape index (κ1) is 9.51. The van der Waals surface area contributed by atoms with Gasteiger partial charge in [-0.15, -0.1) is 0 Å².